The van der Waals surface area contributed by atoms with Crippen LogP contribution in [0.1, 0.15) is 35.7 Å². The van der Waals surface area contributed by atoms with Crippen molar-refractivity contribution in [2.75, 3.05) is 27.2 Å². The van der Waals surface area contributed by atoms with Crippen LogP contribution in [0.3, 0.4) is 0 Å². The smallest absolute Gasteiger partial charge is 0.239 e. The summed E-state index contributed by atoms with van der Waals surface area (Å²) < 4.78 is 18.5. The highest BCUT2D eigenvalue weighted by atomic mass is 19.1. The molecule has 1 amide bonds. The normalized spacial score (nSPS) is 16.1. The molecule has 0 N–H and O–H groups in total. The molecule has 2 aromatic carbocycles. The van der Waals surface area contributed by atoms with Gasteiger partial charge in [0.15, 0.2) is 5.78 Å². The van der Waals surface area contributed by atoms with E-state index < -0.39 is 0 Å². The molecule has 0 radical (unpaired) electrons. The van der Waals surface area contributed by atoms with Crippen molar-refractivity contribution in [2.24, 2.45) is 5.92 Å². The summed E-state index contributed by atoms with van der Waals surface area (Å²) in [7, 11) is 3.34. The van der Waals surface area contributed by atoms with Gasteiger partial charge in [0.05, 0.1) is 13.2 Å². The minimum Gasteiger partial charge on any atom is -0.497 e. The molecule has 1 aliphatic rings. The van der Waals surface area contributed by atoms with Crippen molar-refractivity contribution >= 4 is 11.7 Å². The van der Waals surface area contributed by atoms with Crippen molar-refractivity contribution in [1.29, 1.82) is 0 Å². The highest BCUT2D eigenvalue weighted by Gasteiger charge is 2.31. The van der Waals surface area contributed by atoms with E-state index >= 15 is 0 Å². The van der Waals surface area contributed by atoms with E-state index in [1.165, 1.54) is 12.1 Å². The van der Waals surface area contributed by atoms with Crippen LogP contribution in [0.5, 0.6) is 5.75 Å². The van der Waals surface area contributed by atoms with Crippen molar-refractivity contribution < 1.29 is 18.7 Å². The Morgan fingerprint density at radius 1 is 1.17 bits per heavy atom. The molecule has 0 spiro atoms. The summed E-state index contributed by atoms with van der Waals surface area (Å²) in [6.07, 6.45) is 1.46. The highest BCUT2D eigenvalue weighted by molar-refractivity contribution is 5.98. The topological polar surface area (TPSA) is 49.9 Å². The summed E-state index contributed by atoms with van der Waals surface area (Å²) in [5.74, 6) is 0.557. The third-order valence-electron chi connectivity index (χ3n) is 5.86. The van der Waals surface area contributed by atoms with Crippen LogP contribution in [0.4, 0.5) is 4.39 Å². The van der Waals surface area contributed by atoms with E-state index in [0.29, 0.717) is 25.2 Å². The Balaban J connectivity index is 1.53. The molecule has 0 bridgehead atoms. The fourth-order valence-corrected chi connectivity index (χ4v) is 4.00. The van der Waals surface area contributed by atoms with E-state index in [-0.39, 0.29) is 29.5 Å². The number of Topliss-reactive ketones (excluding diaryl/α,β-unsaturated/α-hetero) is 1. The maximum atomic E-state index is 13.4. The Labute approximate surface area is 177 Å². The molecular formula is C24H29FN2O3. The zero-order valence-corrected chi connectivity index (χ0v) is 17.8. The lowest BCUT2D eigenvalue weighted by atomic mass is 9.88. The second-order valence-corrected chi connectivity index (χ2v) is 7.90. The lowest BCUT2D eigenvalue weighted by Gasteiger charge is -2.36. The molecule has 0 aliphatic carbocycles. The summed E-state index contributed by atoms with van der Waals surface area (Å²) in [5.41, 5.74) is 1.47. The average Bonchev–Trinajstić information content (AvgIpc) is 2.77. The lowest BCUT2D eigenvalue weighted by Crippen LogP contribution is -2.49. The first-order chi connectivity index (χ1) is 14.4. The summed E-state index contributed by atoms with van der Waals surface area (Å²) in [4.78, 5) is 29.4. The first-order valence-corrected chi connectivity index (χ1v) is 10.3. The Morgan fingerprint density at radius 3 is 2.43 bits per heavy atom. The molecule has 1 atom stereocenters. The van der Waals surface area contributed by atoms with Crippen LogP contribution in [0.2, 0.25) is 0 Å². The molecule has 1 heterocycles. The Bertz CT molecular complexity index is 876. The van der Waals surface area contributed by atoms with Gasteiger partial charge < -0.3 is 9.64 Å². The van der Waals surface area contributed by atoms with E-state index in [1.54, 1.807) is 49.4 Å². The van der Waals surface area contributed by atoms with Crippen LogP contribution in [-0.4, -0.2) is 54.8 Å². The van der Waals surface area contributed by atoms with Crippen molar-refractivity contribution in [1.82, 2.24) is 9.80 Å². The molecule has 1 aliphatic heterocycles. The van der Waals surface area contributed by atoms with Gasteiger partial charge in [0, 0.05) is 25.1 Å². The molecule has 5 nitrogen and oxygen atoms in total. The maximum absolute atomic E-state index is 13.4. The third-order valence-corrected chi connectivity index (χ3v) is 5.86. The van der Waals surface area contributed by atoms with Gasteiger partial charge in [0.1, 0.15) is 11.6 Å². The SMILES string of the molecule is COc1ccc(C(=O)C2CCN(C(C)C(=O)N(C)Cc3cccc(F)c3)CC2)cc1. The number of piperidine rings is 1. The van der Waals surface area contributed by atoms with Crippen molar-refractivity contribution in [3.05, 3.63) is 65.5 Å². The zero-order chi connectivity index (χ0) is 21.7. The fourth-order valence-electron chi connectivity index (χ4n) is 4.00. The van der Waals surface area contributed by atoms with Gasteiger partial charge in [-0.3, -0.25) is 14.5 Å². The number of nitrogens with zero attached hydrogens (tertiary/aromatic N) is 2. The number of likely N-dealkylation sites (tertiary alicyclic amines) is 1. The largest absolute Gasteiger partial charge is 0.497 e. The van der Waals surface area contributed by atoms with Crippen LogP contribution >= 0.6 is 0 Å². The van der Waals surface area contributed by atoms with Gasteiger partial charge in [-0.1, -0.05) is 12.1 Å². The van der Waals surface area contributed by atoms with E-state index in [0.717, 1.165) is 24.2 Å². The third kappa shape index (κ3) is 5.25. The molecule has 1 saturated heterocycles. The molecule has 2 aromatic rings. The van der Waals surface area contributed by atoms with Gasteiger partial charge in [-0.05, 0) is 74.8 Å². The molecular weight excluding hydrogens is 383 g/mol. The highest BCUT2D eigenvalue weighted by Crippen LogP contribution is 2.24. The van der Waals surface area contributed by atoms with Crippen molar-refractivity contribution in [2.45, 2.75) is 32.4 Å². The van der Waals surface area contributed by atoms with E-state index in [4.69, 9.17) is 4.74 Å². The van der Waals surface area contributed by atoms with E-state index in [1.807, 2.05) is 13.0 Å². The zero-order valence-electron chi connectivity index (χ0n) is 17.8. The number of carbonyl (C=O) groups is 2. The van der Waals surface area contributed by atoms with Gasteiger partial charge in [0.2, 0.25) is 5.91 Å². The quantitative estimate of drug-likeness (QED) is 0.650. The van der Waals surface area contributed by atoms with Gasteiger partial charge in [-0.25, -0.2) is 4.39 Å². The molecule has 1 unspecified atom stereocenters. The predicted molar refractivity (Wildman–Crippen MR) is 114 cm³/mol. The predicted octanol–water partition coefficient (Wildman–Crippen LogP) is 3.78. The number of benzene rings is 2. The van der Waals surface area contributed by atoms with Crippen LogP contribution < -0.4 is 4.74 Å². The Kier molecular flexibility index (Phi) is 7.21. The van der Waals surface area contributed by atoms with Gasteiger partial charge >= 0.3 is 0 Å². The summed E-state index contributed by atoms with van der Waals surface area (Å²) in [6, 6.07) is 13.2. The summed E-state index contributed by atoms with van der Waals surface area (Å²) in [6.45, 7) is 3.67. The number of amides is 1. The van der Waals surface area contributed by atoms with Crippen LogP contribution in [0, 0.1) is 11.7 Å². The number of rotatable bonds is 7. The van der Waals surface area contributed by atoms with E-state index in [2.05, 4.69) is 4.90 Å². The van der Waals surface area contributed by atoms with Crippen molar-refractivity contribution in [3.8, 4) is 5.75 Å². The van der Waals surface area contributed by atoms with Gasteiger partial charge in [-0.15, -0.1) is 0 Å². The Morgan fingerprint density at radius 2 is 1.83 bits per heavy atom. The number of hydrogen-bond acceptors (Lipinski definition) is 4. The van der Waals surface area contributed by atoms with Gasteiger partial charge in [-0.2, -0.15) is 0 Å². The van der Waals surface area contributed by atoms with E-state index in [9.17, 15) is 14.0 Å². The van der Waals surface area contributed by atoms with Crippen LogP contribution in [0.15, 0.2) is 48.5 Å². The average molecular weight is 413 g/mol. The van der Waals surface area contributed by atoms with Gasteiger partial charge in [0.25, 0.3) is 0 Å². The van der Waals surface area contributed by atoms with Crippen LogP contribution in [-0.2, 0) is 11.3 Å². The monoisotopic (exact) mass is 412 g/mol. The summed E-state index contributed by atoms with van der Waals surface area (Å²) in [5, 5.41) is 0. The molecule has 160 valence electrons. The maximum Gasteiger partial charge on any atom is 0.239 e. The molecule has 0 saturated carbocycles. The molecule has 1 fully saturated rings. The fraction of sp³-hybridized carbons (Fsp3) is 0.417. The number of likely N-dealkylation sites (N-methyl/N-ethyl adjacent to an activating group) is 1. The second kappa shape index (κ2) is 9.85. The number of ether oxygens (including phenoxy) is 1. The van der Waals surface area contributed by atoms with Crippen LogP contribution in [0.25, 0.3) is 0 Å². The molecule has 0 aromatic heterocycles. The first-order valence-electron chi connectivity index (χ1n) is 10.3. The van der Waals surface area contributed by atoms with Crippen molar-refractivity contribution in [3.63, 3.8) is 0 Å². The number of methoxy groups -OCH3 is 1. The molecule has 3 rings (SSSR count). The lowest BCUT2D eigenvalue weighted by molar-refractivity contribution is -0.136. The standard InChI is InChI=1S/C24H29FN2O3/c1-17(24(29)26(2)16-18-5-4-6-21(25)15-18)27-13-11-20(12-14-27)23(28)19-7-9-22(30-3)10-8-19/h4-10,15,17,20H,11-14,16H2,1-3H3. The number of ketones is 1. The number of hydrogen-bond donors (Lipinski definition) is 0. The first kappa shape index (κ1) is 22.0. The molecule has 6 heteroatoms. The number of carbonyl (C=O) groups excluding carboxylic acids is 2. The number of halogens is 1. The Hall–Kier alpha value is -2.73. The summed E-state index contributed by atoms with van der Waals surface area (Å²) >= 11 is 0. The molecule has 30 heavy (non-hydrogen) atoms. The second-order valence-electron chi connectivity index (χ2n) is 7.90. The minimum atomic E-state index is -0.301. The minimum absolute atomic E-state index is 0.000748.